The zero-order valence-electron chi connectivity index (χ0n) is 9.63. The van der Waals surface area contributed by atoms with Crippen molar-refractivity contribution in [3.8, 4) is 0 Å². The third-order valence-electron chi connectivity index (χ3n) is 2.59. The maximum Gasteiger partial charge on any atom is 0.0826 e. The fourth-order valence-electron chi connectivity index (χ4n) is 1.70. The summed E-state index contributed by atoms with van der Waals surface area (Å²) in [5.74, 6) is 0. The van der Waals surface area contributed by atoms with Crippen LogP contribution in [0.5, 0.6) is 0 Å². The van der Waals surface area contributed by atoms with Crippen LogP contribution in [-0.4, -0.2) is 49.8 Å². The van der Waals surface area contributed by atoms with Gasteiger partial charge in [0, 0.05) is 36.7 Å². The van der Waals surface area contributed by atoms with Gasteiger partial charge in [-0.25, -0.2) is 0 Å². The Kier molecular flexibility index (Phi) is 5.82. The summed E-state index contributed by atoms with van der Waals surface area (Å²) in [6.45, 7) is 12.9. The Bertz CT molecular complexity index is 209. The molecule has 1 saturated heterocycles. The van der Waals surface area contributed by atoms with Crippen LogP contribution in [-0.2, 0) is 4.74 Å². The van der Waals surface area contributed by atoms with E-state index in [1.165, 1.54) is 0 Å². The SMILES string of the molecule is C=C(Br)CNCC1CN(C(C)C)CCO1. The standard InChI is InChI=1S/C11H21BrN2O/c1-9(2)14-4-5-15-11(8-14)7-13-6-10(3)12/h9,11,13H,3-8H2,1-2H3. The van der Waals surface area contributed by atoms with Crippen LogP contribution in [0.3, 0.4) is 0 Å². The third kappa shape index (κ3) is 5.11. The highest BCUT2D eigenvalue weighted by Gasteiger charge is 2.21. The fourth-order valence-corrected chi connectivity index (χ4v) is 1.90. The highest BCUT2D eigenvalue weighted by Crippen LogP contribution is 2.08. The van der Waals surface area contributed by atoms with Crippen LogP contribution >= 0.6 is 15.9 Å². The van der Waals surface area contributed by atoms with Gasteiger partial charge >= 0.3 is 0 Å². The summed E-state index contributed by atoms with van der Waals surface area (Å²) in [7, 11) is 0. The normalized spacial score (nSPS) is 23.3. The molecule has 0 radical (unpaired) electrons. The van der Waals surface area contributed by atoms with Crippen LogP contribution in [0.4, 0.5) is 0 Å². The van der Waals surface area contributed by atoms with E-state index >= 15 is 0 Å². The van der Waals surface area contributed by atoms with Crippen LogP contribution in [0.2, 0.25) is 0 Å². The van der Waals surface area contributed by atoms with Gasteiger partial charge in [-0.3, -0.25) is 4.90 Å². The van der Waals surface area contributed by atoms with Crippen molar-refractivity contribution in [2.24, 2.45) is 0 Å². The summed E-state index contributed by atoms with van der Waals surface area (Å²) in [6.07, 6.45) is 0.313. The van der Waals surface area contributed by atoms with Crippen molar-refractivity contribution in [3.63, 3.8) is 0 Å². The van der Waals surface area contributed by atoms with E-state index in [0.29, 0.717) is 12.1 Å². The maximum absolute atomic E-state index is 5.69. The van der Waals surface area contributed by atoms with Crippen molar-refractivity contribution in [3.05, 3.63) is 11.1 Å². The Hall–Kier alpha value is 0.1000. The third-order valence-corrected chi connectivity index (χ3v) is 2.87. The summed E-state index contributed by atoms with van der Waals surface area (Å²) in [5, 5.41) is 3.32. The number of hydrogen-bond acceptors (Lipinski definition) is 3. The average molecular weight is 277 g/mol. The highest BCUT2D eigenvalue weighted by atomic mass is 79.9. The molecular formula is C11H21BrN2O. The predicted octanol–water partition coefficient (Wildman–Crippen LogP) is 1.59. The minimum atomic E-state index is 0.313. The topological polar surface area (TPSA) is 24.5 Å². The molecule has 0 bridgehead atoms. The van der Waals surface area contributed by atoms with E-state index in [2.05, 4.69) is 46.6 Å². The van der Waals surface area contributed by atoms with E-state index in [4.69, 9.17) is 4.74 Å². The molecule has 88 valence electrons. The number of morpholine rings is 1. The van der Waals surface area contributed by atoms with Gasteiger partial charge in [-0.15, -0.1) is 0 Å². The highest BCUT2D eigenvalue weighted by molar-refractivity contribution is 9.11. The maximum atomic E-state index is 5.69. The monoisotopic (exact) mass is 276 g/mol. The summed E-state index contributed by atoms with van der Waals surface area (Å²) in [4.78, 5) is 2.46. The molecule has 1 rings (SSSR count). The summed E-state index contributed by atoms with van der Waals surface area (Å²) >= 11 is 3.33. The van der Waals surface area contributed by atoms with Crippen molar-refractivity contribution < 1.29 is 4.74 Å². The van der Waals surface area contributed by atoms with Gasteiger partial charge in [-0.1, -0.05) is 22.5 Å². The fraction of sp³-hybridized carbons (Fsp3) is 0.818. The molecule has 0 spiro atoms. The first-order chi connectivity index (χ1) is 7.09. The van der Waals surface area contributed by atoms with Crippen LogP contribution in [0, 0.1) is 0 Å². The number of halogens is 1. The Morgan fingerprint density at radius 3 is 3.00 bits per heavy atom. The summed E-state index contributed by atoms with van der Waals surface area (Å²) in [6, 6.07) is 0.613. The molecule has 1 aliphatic heterocycles. The molecule has 0 aromatic carbocycles. The molecule has 15 heavy (non-hydrogen) atoms. The van der Waals surface area contributed by atoms with Gasteiger partial charge in [0.1, 0.15) is 0 Å². The van der Waals surface area contributed by atoms with Crippen molar-refractivity contribution in [1.29, 1.82) is 0 Å². The van der Waals surface area contributed by atoms with Crippen molar-refractivity contribution in [2.45, 2.75) is 26.0 Å². The Labute approximate surface area is 101 Å². The van der Waals surface area contributed by atoms with Gasteiger partial charge in [-0.2, -0.15) is 0 Å². The van der Waals surface area contributed by atoms with E-state index in [0.717, 1.165) is 37.3 Å². The summed E-state index contributed by atoms with van der Waals surface area (Å²) in [5.41, 5.74) is 0. The molecular weight excluding hydrogens is 256 g/mol. The average Bonchev–Trinajstić information content (AvgIpc) is 2.17. The van der Waals surface area contributed by atoms with Crippen LogP contribution < -0.4 is 5.32 Å². The van der Waals surface area contributed by atoms with Gasteiger partial charge in [0.15, 0.2) is 0 Å². The number of hydrogen-bond donors (Lipinski definition) is 1. The van der Waals surface area contributed by atoms with Crippen molar-refractivity contribution in [1.82, 2.24) is 10.2 Å². The first-order valence-corrected chi connectivity index (χ1v) is 6.28. The molecule has 0 aliphatic carbocycles. The van der Waals surface area contributed by atoms with E-state index < -0.39 is 0 Å². The van der Waals surface area contributed by atoms with E-state index in [9.17, 15) is 0 Å². The molecule has 0 aromatic rings. The minimum Gasteiger partial charge on any atom is -0.374 e. The largest absolute Gasteiger partial charge is 0.374 e. The van der Waals surface area contributed by atoms with E-state index in [1.54, 1.807) is 0 Å². The molecule has 4 heteroatoms. The second kappa shape index (κ2) is 6.63. The van der Waals surface area contributed by atoms with Gasteiger partial charge in [0.2, 0.25) is 0 Å². The lowest BCUT2D eigenvalue weighted by Crippen LogP contribution is -2.49. The quantitative estimate of drug-likeness (QED) is 0.826. The molecule has 1 aliphatic rings. The molecule has 1 atom stereocenters. The number of nitrogens with zero attached hydrogens (tertiary/aromatic N) is 1. The second-order valence-corrected chi connectivity index (χ2v) is 5.35. The predicted molar refractivity (Wildman–Crippen MR) is 67.4 cm³/mol. The smallest absolute Gasteiger partial charge is 0.0826 e. The Morgan fingerprint density at radius 2 is 2.40 bits per heavy atom. The van der Waals surface area contributed by atoms with Gasteiger partial charge < -0.3 is 10.1 Å². The summed E-state index contributed by atoms with van der Waals surface area (Å²) < 4.78 is 6.68. The minimum absolute atomic E-state index is 0.313. The lowest BCUT2D eigenvalue weighted by atomic mass is 10.2. The number of rotatable bonds is 5. The van der Waals surface area contributed by atoms with E-state index in [-0.39, 0.29) is 0 Å². The van der Waals surface area contributed by atoms with Crippen molar-refractivity contribution >= 4 is 15.9 Å². The zero-order chi connectivity index (χ0) is 11.3. The van der Waals surface area contributed by atoms with E-state index in [1.807, 2.05) is 0 Å². The Balaban J connectivity index is 2.21. The lowest BCUT2D eigenvalue weighted by molar-refractivity contribution is -0.0367. The van der Waals surface area contributed by atoms with Crippen LogP contribution in [0.1, 0.15) is 13.8 Å². The molecule has 3 nitrogen and oxygen atoms in total. The molecule has 0 aromatic heterocycles. The van der Waals surface area contributed by atoms with Gasteiger partial charge in [0.05, 0.1) is 12.7 Å². The lowest BCUT2D eigenvalue weighted by Gasteiger charge is -2.35. The molecule has 1 fully saturated rings. The molecule has 1 N–H and O–H groups in total. The van der Waals surface area contributed by atoms with Gasteiger partial charge in [-0.05, 0) is 13.8 Å². The van der Waals surface area contributed by atoms with Gasteiger partial charge in [0.25, 0.3) is 0 Å². The molecule has 0 saturated carbocycles. The zero-order valence-corrected chi connectivity index (χ0v) is 11.2. The van der Waals surface area contributed by atoms with Crippen LogP contribution in [0.15, 0.2) is 11.1 Å². The second-order valence-electron chi connectivity index (χ2n) is 4.23. The molecule has 0 amide bonds. The molecule has 1 heterocycles. The number of nitrogens with one attached hydrogen (secondary N) is 1. The van der Waals surface area contributed by atoms with Crippen LogP contribution in [0.25, 0.3) is 0 Å². The molecule has 1 unspecified atom stereocenters. The first-order valence-electron chi connectivity index (χ1n) is 5.49. The first kappa shape index (κ1) is 13.2. The number of ether oxygens (including phenoxy) is 1. The van der Waals surface area contributed by atoms with Crippen molar-refractivity contribution in [2.75, 3.05) is 32.8 Å². The Morgan fingerprint density at radius 1 is 1.67 bits per heavy atom.